The molecule has 146 valence electrons. The van der Waals surface area contributed by atoms with Crippen molar-refractivity contribution in [3.8, 4) is 5.75 Å². The molecule has 2 N–H and O–H groups in total. The number of benzene rings is 1. The largest absolute Gasteiger partial charge is 0.494 e. The second-order valence-electron chi connectivity index (χ2n) is 6.15. The van der Waals surface area contributed by atoms with Crippen molar-refractivity contribution in [1.82, 2.24) is 10.6 Å². The van der Waals surface area contributed by atoms with E-state index in [1.807, 2.05) is 0 Å². The minimum Gasteiger partial charge on any atom is -0.494 e. The summed E-state index contributed by atoms with van der Waals surface area (Å²) in [5.74, 6) is 1.25. The molecule has 1 heterocycles. The summed E-state index contributed by atoms with van der Waals surface area (Å²) in [5, 5.41) is 6.56. The smallest absolute Gasteiger partial charge is 0.190 e. The van der Waals surface area contributed by atoms with Gasteiger partial charge in [-0.3, -0.25) is 4.99 Å². The fourth-order valence-electron chi connectivity index (χ4n) is 2.55. The Labute approximate surface area is 155 Å². The molecule has 26 heavy (non-hydrogen) atoms. The van der Waals surface area contributed by atoms with Crippen LogP contribution in [0.25, 0.3) is 0 Å². The van der Waals surface area contributed by atoms with E-state index >= 15 is 0 Å². The highest BCUT2D eigenvalue weighted by Gasteiger charge is 2.15. The minimum atomic E-state index is -0.250. The van der Waals surface area contributed by atoms with Gasteiger partial charge in [0.05, 0.1) is 19.3 Å². The second kappa shape index (κ2) is 12.5. The van der Waals surface area contributed by atoms with Gasteiger partial charge in [-0.2, -0.15) is 0 Å². The molecule has 6 nitrogen and oxygen atoms in total. The van der Waals surface area contributed by atoms with Crippen molar-refractivity contribution in [3.63, 3.8) is 0 Å². The molecule has 2 rings (SSSR count). The number of rotatable bonds is 11. The first-order valence-corrected chi connectivity index (χ1v) is 9.30. The van der Waals surface area contributed by atoms with E-state index in [2.05, 4.69) is 15.6 Å². The third-order valence-corrected chi connectivity index (χ3v) is 4.02. The lowest BCUT2D eigenvalue weighted by Crippen LogP contribution is -2.38. The number of unbranched alkanes of at least 4 members (excludes halogenated alkanes) is 1. The van der Waals surface area contributed by atoms with Gasteiger partial charge >= 0.3 is 0 Å². The Balaban J connectivity index is 1.43. The first-order chi connectivity index (χ1) is 12.8. The summed E-state index contributed by atoms with van der Waals surface area (Å²) in [6.07, 6.45) is 4.08. The Morgan fingerprint density at radius 3 is 2.62 bits per heavy atom. The molecule has 0 radical (unpaired) electrons. The summed E-state index contributed by atoms with van der Waals surface area (Å²) in [5.41, 5.74) is 0. The van der Waals surface area contributed by atoms with Crippen LogP contribution in [-0.2, 0) is 9.47 Å². The highest BCUT2D eigenvalue weighted by Crippen LogP contribution is 2.11. The van der Waals surface area contributed by atoms with Crippen molar-refractivity contribution < 1.29 is 18.6 Å². The molecule has 1 aliphatic heterocycles. The molecule has 0 spiro atoms. The molecule has 1 aromatic rings. The Bertz CT molecular complexity index is 519. The number of hydrogen-bond donors (Lipinski definition) is 2. The summed E-state index contributed by atoms with van der Waals surface area (Å²) in [6, 6.07) is 6.09. The predicted octanol–water partition coefficient (Wildman–Crippen LogP) is 2.35. The molecule has 0 aliphatic carbocycles. The van der Waals surface area contributed by atoms with E-state index in [0.29, 0.717) is 12.4 Å². The Morgan fingerprint density at radius 1 is 1.15 bits per heavy atom. The third-order valence-electron chi connectivity index (χ3n) is 4.02. The Morgan fingerprint density at radius 2 is 1.92 bits per heavy atom. The summed E-state index contributed by atoms with van der Waals surface area (Å²) < 4.78 is 29.4. The van der Waals surface area contributed by atoms with E-state index in [0.717, 1.165) is 64.6 Å². The molecule has 1 fully saturated rings. The van der Waals surface area contributed by atoms with Gasteiger partial charge in [-0.25, -0.2) is 4.39 Å². The van der Waals surface area contributed by atoms with Crippen molar-refractivity contribution in [1.29, 1.82) is 0 Å². The van der Waals surface area contributed by atoms with Crippen LogP contribution in [0, 0.1) is 5.82 Å². The average Bonchev–Trinajstić information content (AvgIpc) is 3.17. The Hall–Kier alpha value is -1.86. The zero-order valence-corrected chi connectivity index (χ0v) is 15.5. The average molecular weight is 367 g/mol. The SMILES string of the molecule is CN=C(NCCCCOc1ccc(F)cc1)NCCCOC1CCOC1. The van der Waals surface area contributed by atoms with Crippen LogP contribution in [-0.4, -0.2) is 58.6 Å². The van der Waals surface area contributed by atoms with Crippen LogP contribution in [0.15, 0.2) is 29.3 Å². The van der Waals surface area contributed by atoms with Crippen LogP contribution in [0.1, 0.15) is 25.7 Å². The molecule has 1 unspecified atom stereocenters. The van der Waals surface area contributed by atoms with Gasteiger partial charge in [-0.15, -0.1) is 0 Å². The van der Waals surface area contributed by atoms with Gasteiger partial charge in [0.15, 0.2) is 5.96 Å². The van der Waals surface area contributed by atoms with Gasteiger partial charge in [-0.05, 0) is 49.9 Å². The zero-order valence-electron chi connectivity index (χ0n) is 15.5. The van der Waals surface area contributed by atoms with E-state index in [1.54, 1.807) is 19.2 Å². The van der Waals surface area contributed by atoms with Crippen molar-refractivity contribution >= 4 is 5.96 Å². The van der Waals surface area contributed by atoms with Gasteiger partial charge < -0.3 is 24.8 Å². The van der Waals surface area contributed by atoms with Gasteiger partial charge in [0.2, 0.25) is 0 Å². The van der Waals surface area contributed by atoms with Crippen LogP contribution >= 0.6 is 0 Å². The highest BCUT2D eigenvalue weighted by atomic mass is 19.1. The molecule has 7 heteroatoms. The fraction of sp³-hybridized carbons (Fsp3) is 0.632. The van der Waals surface area contributed by atoms with Crippen molar-refractivity contribution in [2.45, 2.75) is 31.8 Å². The predicted molar refractivity (Wildman–Crippen MR) is 100 cm³/mol. The van der Waals surface area contributed by atoms with E-state index in [1.165, 1.54) is 12.1 Å². The molecule has 1 aliphatic rings. The maximum Gasteiger partial charge on any atom is 0.190 e. The van der Waals surface area contributed by atoms with Crippen molar-refractivity contribution in [2.75, 3.05) is 46.6 Å². The standard InChI is InChI=1S/C19H30FN3O3/c1-21-19(23-11-4-13-26-18-9-14-24-15-18)22-10-2-3-12-25-17-7-5-16(20)6-8-17/h5-8,18H,2-4,9-15H2,1H3,(H2,21,22,23). The van der Waals surface area contributed by atoms with Crippen molar-refractivity contribution in [2.24, 2.45) is 4.99 Å². The van der Waals surface area contributed by atoms with E-state index in [4.69, 9.17) is 14.2 Å². The van der Waals surface area contributed by atoms with Crippen molar-refractivity contribution in [3.05, 3.63) is 30.1 Å². The summed E-state index contributed by atoms with van der Waals surface area (Å²) >= 11 is 0. The van der Waals surface area contributed by atoms with E-state index in [-0.39, 0.29) is 11.9 Å². The molecule has 0 saturated carbocycles. The first-order valence-electron chi connectivity index (χ1n) is 9.30. The molecular formula is C19H30FN3O3. The monoisotopic (exact) mass is 367 g/mol. The Kier molecular flexibility index (Phi) is 9.82. The van der Waals surface area contributed by atoms with Crippen LogP contribution < -0.4 is 15.4 Å². The number of halogens is 1. The number of nitrogens with one attached hydrogen (secondary N) is 2. The first kappa shape index (κ1) is 20.5. The molecule has 1 saturated heterocycles. The van der Waals surface area contributed by atoms with Gasteiger partial charge in [0.1, 0.15) is 11.6 Å². The van der Waals surface area contributed by atoms with Crippen LogP contribution in [0.4, 0.5) is 4.39 Å². The number of ether oxygens (including phenoxy) is 3. The molecule has 0 aromatic heterocycles. The minimum absolute atomic E-state index is 0.250. The lowest BCUT2D eigenvalue weighted by molar-refractivity contribution is 0.0420. The van der Waals surface area contributed by atoms with E-state index < -0.39 is 0 Å². The lowest BCUT2D eigenvalue weighted by atomic mass is 10.3. The number of guanidine groups is 1. The van der Waals surface area contributed by atoms with Crippen LogP contribution in [0.2, 0.25) is 0 Å². The molecular weight excluding hydrogens is 337 g/mol. The summed E-state index contributed by atoms with van der Waals surface area (Å²) in [4.78, 5) is 4.20. The topological polar surface area (TPSA) is 64.1 Å². The second-order valence-corrected chi connectivity index (χ2v) is 6.15. The quantitative estimate of drug-likeness (QED) is 0.357. The van der Waals surface area contributed by atoms with Crippen LogP contribution in [0.3, 0.4) is 0 Å². The molecule has 1 atom stereocenters. The summed E-state index contributed by atoms with van der Waals surface area (Å²) in [7, 11) is 1.76. The van der Waals surface area contributed by atoms with Crippen LogP contribution in [0.5, 0.6) is 5.75 Å². The number of hydrogen-bond acceptors (Lipinski definition) is 4. The molecule has 1 aromatic carbocycles. The number of nitrogens with zero attached hydrogens (tertiary/aromatic N) is 1. The third kappa shape index (κ3) is 8.49. The zero-order chi connectivity index (χ0) is 18.5. The van der Waals surface area contributed by atoms with Gasteiger partial charge in [0, 0.05) is 33.4 Å². The van der Waals surface area contributed by atoms with Gasteiger partial charge in [-0.1, -0.05) is 0 Å². The maximum absolute atomic E-state index is 12.8. The van der Waals surface area contributed by atoms with E-state index in [9.17, 15) is 4.39 Å². The summed E-state index contributed by atoms with van der Waals surface area (Å²) in [6.45, 7) is 4.53. The highest BCUT2D eigenvalue weighted by molar-refractivity contribution is 5.79. The normalized spacial score (nSPS) is 17.3. The lowest BCUT2D eigenvalue weighted by Gasteiger charge is -2.13. The fourth-order valence-corrected chi connectivity index (χ4v) is 2.55. The molecule has 0 bridgehead atoms. The maximum atomic E-state index is 12.8. The number of aliphatic imine (C=N–C) groups is 1. The van der Waals surface area contributed by atoms with Gasteiger partial charge in [0.25, 0.3) is 0 Å². The molecule has 0 amide bonds.